The van der Waals surface area contributed by atoms with Gasteiger partial charge in [-0.25, -0.2) is 8.42 Å². The number of rotatable bonds is 4. The fraction of sp³-hybridized carbons (Fsp3) is 0.167. The normalized spacial score (nSPS) is 11.5. The number of sulfonamides is 1. The maximum Gasteiger partial charge on any atom is 0.263 e. The zero-order valence-corrected chi connectivity index (χ0v) is 13.3. The van der Waals surface area contributed by atoms with Crippen LogP contribution in [0.2, 0.25) is 0 Å². The lowest BCUT2D eigenvalue weighted by molar-refractivity contribution is 0.601. The first kappa shape index (κ1) is 14.4. The van der Waals surface area contributed by atoms with Crippen LogP contribution >= 0.6 is 22.6 Å². The fourth-order valence-corrected chi connectivity index (χ4v) is 3.38. The first-order valence-corrected chi connectivity index (χ1v) is 8.12. The van der Waals surface area contributed by atoms with Gasteiger partial charge >= 0.3 is 0 Å². The summed E-state index contributed by atoms with van der Waals surface area (Å²) in [6.07, 6.45) is 1.55. The minimum atomic E-state index is -3.57. The number of nitrogens with one attached hydrogen (secondary N) is 1. The Hall–Kier alpha value is -1.06. The van der Waals surface area contributed by atoms with Gasteiger partial charge in [0, 0.05) is 34.7 Å². The monoisotopic (exact) mass is 391 g/mol. The molecule has 0 saturated heterocycles. The van der Waals surface area contributed by atoms with Crippen LogP contribution in [0.3, 0.4) is 0 Å². The Balaban J connectivity index is 2.32. The van der Waals surface area contributed by atoms with Crippen molar-refractivity contribution in [3.63, 3.8) is 0 Å². The van der Waals surface area contributed by atoms with Crippen molar-refractivity contribution in [3.8, 4) is 0 Å². The van der Waals surface area contributed by atoms with Crippen molar-refractivity contribution in [3.05, 3.63) is 45.8 Å². The van der Waals surface area contributed by atoms with Crippen LogP contribution < -0.4 is 10.5 Å². The Labute approximate surface area is 126 Å². The summed E-state index contributed by atoms with van der Waals surface area (Å²) in [4.78, 5) is 0.217. The number of halogens is 1. The van der Waals surface area contributed by atoms with Gasteiger partial charge < -0.3 is 10.3 Å². The van der Waals surface area contributed by atoms with Gasteiger partial charge in [0.2, 0.25) is 0 Å². The van der Waals surface area contributed by atoms with Crippen LogP contribution in [0.25, 0.3) is 0 Å². The lowest BCUT2D eigenvalue weighted by atomic mass is 10.3. The number of nitrogens with zero attached hydrogens (tertiary/aromatic N) is 1. The quantitative estimate of drug-likeness (QED) is 0.782. The van der Waals surface area contributed by atoms with Crippen molar-refractivity contribution < 1.29 is 8.42 Å². The van der Waals surface area contributed by atoms with Crippen molar-refractivity contribution >= 4 is 38.3 Å². The molecule has 1 heterocycles. The predicted octanol–water partition coefficient (Wildman–Crippen LogP) is 1.89. The standard InChI is InChI=1S/C12H14IN3O2S/c1-16-8-12(6-11(16)7-14)19(17,18)15-10-4-2-3-9(13)5-10/h2-6,8,15H,7,14H2,1H3. The van der Waals surface area contributed by atoms with Crippen LogP contribution in [0.15, 0.2) is 41.4 Å². The van der Waals surface area contributed by atoms with E-state index in [1.54, 1.807) is 42.1 Å². The molecule has 0 aliphatic rings. The molecule has 102 valence electrons. The van der Waals surface area contributed by atoms with E-state index in [9.17, 15) is 8.42 Å². The van der Waals surface area contributed by atoms with E-state index >= 15 is 0 Å². The van der Waals surface area contributed by atoms with E-state index in [0.717, 1.165) is 9.26 Å². The van der Waals surface area contributed by atoms with E-state index in [1.165, 1.54) is 0 Å². The number of benzene rings is 1. The molecular weight excluding hydrogens is 377 g/mol. The van der Waals surface area contributed by atoms with Crippen LogP contribution in [-0.2, 0) is 23.6 Å². The van der Waals surface area contributed by atoms with Gasteiger partial charge in [-0.15, -0.1) is 0 Å². The van der Waals surface area contributed by atoms with E-state index in [2.05, 4.69) is 27.3 Å². The Morgan fingerprint density at radius 3 is 2.68 bits per heavy atom. The van der Waals surface area contributed by atoms with Crippen LogP contribution in [0.5, 0.6) is 0 Å². The first-order valence-electron chi connectivity index (χ1n) is 5.56. The smallest absolute Gasteiger partial charge is 0.263 e. The molecule has 1 aromatic carbocycles. The van der Waals surface area contributed by atoms with E-state index < -0.39 is 10.0 Å². The molecule has 0 aliphatic carbocycles. The van der Waals surface area contributed by atoms with Crippen LogP contribution in [0.4, 0.5) is 5.69 Å². The molecule has 0 amide bonds. The maximum absolute atomic E-state index is 12.2. The highest BCUT2D eigenvalue weighted by Gasteiger charge is 2.17. The lowest BCUT2D eigenvalue weighted by Gasteiger charge is -2.06. The van der Waals surface area contributed by atoms with Crippen molar-refractivity contribution in [1.29, 1.82) is 0 Å². The van der Waals surface area contributed by atoms with E-state index in [-0.39, 0.29) is 4.90 Å². The van der Waals surface area contributed by atoms with E-state index in [4.69, 9.17) is 5.73 Å². The number of hydrogen-bond acceptors (Lipinski definition) is 3. The third-order valence-electron chi connectivity index (χ3n) is 2.68. The minimum absolute atomic E-state index is 0.217. The third kappa shape index (κ3) is 3.28. The van der Waals surface area contributed by atoms with Gasteiger partial charge in [-0.3, -0.25) is 4.72 Å². The Kier molecular flexibility index (Phi) is 4.16. The van der Waals surface area contributed by atoms with Gasteiger partial charge in [0.15, 0.2) is 0 Å². The Bertz CT molecular complexity index is 695. The highest BCUT2D eigenvalue weighted by Crippen LogP contribution is 2.19. The lowest BCUT2D eigenvalue weighted by Crippen LogP contribution is -2.12. The summed E-state index contributed by atoms with van der Waals surface area (Å²) in [6.45, 7) is 0.301. The van der Waals surface area contributed by atoms with Crippen molar-refractivity contribution in [2.24, 2.45) is 12.8 Å². The second kappa shape index (κ2) is 5.51. The zero-order valence-electron chi connectivity index (χ0n) is 10.3. The summed E-state index contributed by atoms with van der Waals surface area (Å²) in [7, 11) is -1.80. The molecule has 0 atom stereocenters. The largest absolute Gasteiger partial charge is 0.352 e. The van der Waals surface area contributed by atoms with Gasteiger partial charge in [0.05, 0.1) is 0 Å². The van der Waals surface area contributed by atoms with Crippen LogP contribution in [-0.4, -0.2) is 13.0 Å². The molecule has 0 bridgehead atoms. The number of anilines is 1. The highest BCUT2D eigenvalue weighted by atomic mass is 127. The second-order valence-corrected chi connectivity index (χ2v) is 7.03. The molecule has 0 saturated carbocycles. The van der Waals surface area contributed by atoms with Crippen LogP contribution in [0.1, 0.15) is 5.69 Å². The molecule has 7 heteroatoms. The van der Waals surface area contributed by atoms with E-state index in [1.807, 2.05) is 6.07 Å². The fourth-order valence-electron chi connectivity index (χ4n) is 1.69. The maximum atomic E-state index is 12.2. The number of hydrogen-bond donors (Lipinski definition) is 2. The molecule has 0 radical (unpaired) electrons. The molecule has 0 unspecified atom stereocenters. The summed E-state index contributed by atoms with van der Waals surface area (Å²) in [5.74, 6) is 0. The summed E-state index contributed by atoms with van der Waals surface area (Å²) in [6, 6.07) is 8.76. The van der Waals surface area contributed by atoms with Crippen LogP contribution in [0, 0.1) is 3.57 Å². The summed E-state index contributed by atoms with van der Waals surface area (Å²) >= 11 is 2.13. The average Bonchev–Trinajstić information content (AvgIpc) is 2.71. The number of nitrogens with two attached hydrogens (primary N) is 1. The number of aromatic nitrogens is 1. The molecule has 3 N–H and O–H groups in total. The summed E-state index contributed by atoms with van der Waals surface area (Å²) < 4.78 is 29.7. The average molecular weight is 391 g/mol. The van der Waals surface area contributed by atoms with Gasteiger partial charge in [0.1, 0.15) is 4.90 Å². The molecular formula is C12H14IN3O2S. The first-order chi connectivity index (χ1) is 8.92. The van der Waals surface area contributed by atoms with Gasteiger partial charge in [-0.1, -0.05) is 6.07 Å². The molecule has 2 rings (SSSR count). The summed E-state index contributed by atoms with van der Waals surface area (Å²) in [5.41, 5.74) is 6.86. The molecule has 5 nitrogen and oxygen atoms in total. The van der Waals surface area contributed by atoms with Crippen molar-refractivity contribution in [1.82, 2.24) is 4.57 Å². The van der Waals surface area contributed by atoms with Gasteiger partial charge in [-0.05, 0) is 46.9 Å². The Morgan fingerprint density at radius 2 is 2.11 bits per heavy atom. The second-order valence-electron chi connectivity index (χ2n) is 4.10. The Morgan fingerprint density at radius 1 is 1.37 bits per heavy atom. The van der Waals surface area contributed by atoms with Gasteiger partial charge in [-0.2, -0.15) is 0 Å². The van der Waals surface area contributed by atoms with Gasteiger partial charge in [0.25, 0.3) is 10.0 Å². The van der Waals surface area contributed by atoms with Crippen molar-refractivity contribution in [2.75, 3.05) is 4.72 Å². The highest BCUT2D eigenvalue weighted by molar-refractivity contribution is 14.1. The minimum Gasteiger partial charge on any atom is -0.352 e. The molecule has 19 heavy (non-hydrogen) atoms. The molecule has 1 aromatic heterocycles. The van der Waals surface area contributed by atoms with E-state index in [0.29, 0.717) is 12.2 Å². The SMILES string of the molecule is Cn1cc(S(=O)(=O)Nc2cccc(I)c2)cc1CN. The van der Waals surface area contributed by atoms with Crippen molar-refractivity contribution in [2.45, 2.75) is 11.4 Å². The predicted molar refractivity (Wildman–Crippen MR) is 83.3 cm³/mol. The zero-order chi connectivity index (χ0) is 14.0. The molecule has 0 aliphatic heterocycles. The number of aryl methyl sites for hydroxylation is 1. The molecule has 2 aromatic rings. The molecule has 0 fully saturated rings. The topological polar surface area (TPSA) is 77.1 Å². The molecule has 0 spiro atoms. The third-order valence-corrected chi connectivity index (χ3v) is 4.70. The summed E-state index contributed by atoms with van der Waals surface area (Å²) in [5, 5.41) is 0.